The van der Waals surface area contributed by atoms with E-state index in [1.165, 1.54) is 5.56 Å². The first-order valence-corrected chi connectivity index (χ1v) is 9.32. The summed E-state index contributed by atoms with van der Waals surface area (Å²) in [5.41, 5.74) is 4.07. The van der Waals surface area contributed by atoms with Crippen molar-refractivity contribution in [1.82, 2.24) is 0 Å². The van der Waals surface area contributed by atoms with Crippen LogP contribution < -0.4 is 9.47 Å². The molecule has 0 radical (unpaired) electrons. The van der Waals surface area contributed by atoms with Crippen LogP contribution in [0.1, 0.15) is 39.5 Å². The van der Waals surface area contributed by atoms with E-state index in [-0.39, 0.29) is 6.61 Å². The number of benzene rings is 3. The quantitative estimate of drug-likeness (QED) is 0.571. The zero-order valence-corrected chi connectivity index (χ0v) is 16.1. The van der Waals surface area contributed by atoms with Crippen LogP contribution >= 0.6 is 0 Å². The summed E-state index contributed by atoms with van der Waals surface area (Å²) < 4.78 is 11.7. The first-order chi connectivity index (χ1) is 13.6. The molecule has 0 aliphatic rings. The molecule has 0 amide bonds. The number of carboxylic acids is 1. The van der Waals surface area contributed by atoms with Crippen LogP contribution in [0.3, 0.4) is 0 Å². The Kier molecular flexibility index (Phi) is 6.33. The Bertz CT molecular complexity index is 945. The van der Waals surface area contributed by atoms with E-state index < -0.39 is 5.97 Å². The molecule has 3 aromatic carbocycles. The van der Waals surface area contributed by atoms with Gasteiger partial charge in [0.2, 0.25) is 0 Å². The van der Waals surface area contributed by atoms with Crippen molar-refractivity contribution in [2.45, 2.75) is 33.5 Å². The van der Waals surface area contributed by atoms with Crippen LogP contribution in [0.25, 0.3) is 0 Å². The number of carbonyl (C=O) groups is 1. The monoisotopic (exact) mass is 376 g/mol. The van der Waals surface area contributed by atoms with Crippen molar-refractivity contribution in [3.8, 4) is 11.5 Å². The Balaban J connectivity index is 1.63. The summed E-state index contributed by atoms with van der Waals surface area (Å²) in [7, 11) is 0. The van der Waals surface area contributed by atoms with Crippen molar-refractivity contribution in [2.75, 3.05) is 0 Å². The third-order valence-electron chi connectivity index (χ3n) is 4.61. The summed E-state index contributed by atoms with van der Waals surface area (Å²) in [6.45, 7) is 4.58. The van der Waals surface area contributed by atoms with Crippen LogP contribution in [0, 0.1) is 6.92 Å². The maximum atomic E-state index is 11.5. The Labute approximate surface area is 165 Å². The standard InChI is InChI=1S/C24H24O4/c1-3-18-10-12-19(13-11-18)15-27-21-8-5-9-22(14-21)28-16-20-7-4-6-17(2)23(20)24(25)26/h4-14H,3,15-16H2,1-2H3,(H,25,26). The van der Waals surface area contributed by atoms with Gasteiger partial charge in [-0.1, -0.05) is 55.5 Å². The second kappa shape index (κ2) is 9.09. The van der Waals surface area contributed by atoms with Crippen molar-refractivity contribution in [3.05, 3.63) is 94.5 Å². The Morgan fingerprint density at radius 1 is 0.857 bits per heavy atom. The van der Waals surface area contributed by atoms with E-state index in [0.29, 0.717) is 29.2 Å². The van der Waals surface area contributed by atoms with Crippen LogP contribution in [0.2, 0.25) is 0 Å². The molecule has 0 heterocycles. The van der Waals surface area contributed by atoms with E-state index in [2.05, 4.69) is 31.2 Å². The van der Waals surface area contributed by atoms with Crippen LogP contribution in [-0.4, -0.2) is 11.1 Å². The molecular formula is C24H24O4. The fourth-order valence-electron chi connectivity index (χ4n) is 3.01. The van der Waals surface area contributed by atoms with Crippen molar-refractivity contribution < 1.29 is 19.4 Å². The average molecular weight is 376 g/mol. The number of rotatable bonds is 8. The third kappa shape index (κ3) is 4.92. The van der Waals surface area contributed by atoms with Crippen LogP contribution in [0.15, 0.2) is 66.7 Å². The largest absolute Gasteiger partial charge is 0.489 e. The summed E-state index contributed by atoms with van der Waals surface area (Å²) in [5.74, 6) is 0.402. The predicted octanol–water partition coefficient (Wildman–Crippen LogP) is 5.41. The Morgan fingerprint density at radius 3 is 2.11 bits per heavy atom. The second-order valence-electron chi connectivity index (χ2n) is 6.64. The predicted molar refractivity (Wildman–Crippen MR) is 109 cm³/mol. The molecule has 0 aliphatic carbocycles. The highest BCUT2D eigenvalue weighted by Gasteiger charge is 2.13. The first kappa shape index (κ1) is 19.5. The molecule has 4 nitrogen and oxygen atoms in total. The summed E-state index contributed by atoms with van der Waals surface area (Å²) in [6, 6.07) is 21.2. The van der Waals surface area contributed by atoms with E-state index in [4.69, 9.17) is 9.47 Å². The number of hydrogen-bond donors (Lipinski definition) is 1. The van der Waals surface area contributed by atoms with Crippen molar-refractivity contribution in [2.24, 2.45) is 0 Å². The minimum atomic E-state index is -0.942. The van der Waals surface area contributed by atoms with Gasteiger partial charge in [0.15, 0.2) is 0 Å². The molecule has 0 fully saturated rings. The van der Waals surface area contributed by atoms with Gasteiger partial charge in [0.05, 0.1) is 5.56 Å². The fourth-order valence-corrected chi connectivity index (χ4v) is 3.01. The molecule has 0 aliphatic heterocycles. The van der Waals surface area contributed by atoms with E-state index in [1.807, 2.05) is 30.3 Å². The molecule has 0 saturated heterocycles. The van der Waals surface area contributed by atoms with Crippen molar-refractivity contribution in [3.63, 3.8) is 0 Å². The molecule has 28 heavy (non-hydrogen) atoms. The lowest BCUT2D eigenvalue weighted by Gasteiger charge is -2.12. The minimum Gasteiger partial charge on any atom is -0.489 e. The molecule has 144 valence electrons. The van der Waals surface area contributed by atoms with Gasteiger partial charge in [-0.25, -0.2) is 4.79 Å². The van der Waals surface area contributed by atoms with E-state index in [1.54, 1.807) is 19.1 Å². The maximum absolute atomic E-state index is 11.5. The molecular weight excluding hydrogens is 352 g/mol. The Hall–Kier alpha value is -3.27. The number of aromatic carboxylic acids is 1. The van der Waals surface area contributed by atoms with Gasteiger partial charge < -0.3 is 14.6 Å². The summed E-state index contributed by atoms with van der Waals surface area (Å²) in [6.07, 6.45) is 1.02. The lowest BCUT2D eigenvalue weighted by molar-refractivity contribution is 0.0693. The lowest BCUT2D eigenvalue weighted by atomic mass is 10.0. The van der Waals surface area contributed by atoms with Crippen molar-refractivity contribution >= 4 is 5.97 Å². The van der Waals surface area contributed by atoms with Gasteiger partial charge in [-0.15, -0.1) is 0 Å². The zero-order chi connectivity index (χ0) is 19.9. The van der Waals surface area contributed by atoms with Gasteiger partial charge in [-0.05, 0) is 42.2 Å². The molecule has 0 bridgehead atoms. The van der Waals surface area contributed by atoms with Gasteiger partial charge >= 0.3 is 5.97 Å². The van der Waals surface area contributed by atoms with Gasteiger partial charge in [-0.2, -0.15) is 0 Å². The second-order valence-corrected chi connectivity index (χ2v) is 6.64. The molecule has 3 rings (SSSR count). The third-order valence-corrected chi connectivity index (χ3v) is 4.61. The normalized spacial score (nSPS) is 10.5. The highest BCUT2D eigenvalue weighted by Crippen LogP contribution is 2.23. The van der Waals surface area contributed by atoms with Gasteiger partial charge in [0.1, 0.15) is 24.7 Å². The number of hydrogen-bond acceptors (Lipinski definition) is 3. The van der Waals surface area contributed by atoms with Gasteiger partial charge in [0.25, 0.3) is 0 Å². The smallest absolute Gasteiger partial charge is 0.336 e. The van der Waals surface area contributed by atoms with Gasteiger partial charge in [-0.3, -0.25) is 0 Å². The minimum absolute atomic E-state index is 0.186. The summed E-state index contributed by atoms with van der Waals surface area (Å²) in [5, 5.41) is 9.42. The highest BCUT2D eigenvalue weighted by atomic mass is 16.5. The fraction of sp³-hybridized carbons (Fsp3) is 0.208. The van der Waals surface area contributed by atoms with Crippen molar-refractivity contribution in [1.29, 1.82) is 0 Å². The molecule has 4 heteroatoms. The number of carboxylic acid groups (broad SMARTS) is 1. The van der Waals surface area contributed by atoms with Gasteiger partial charge in [0, 0.05) is 11.6 Å². The average Bonchev–Trinajstić information content (AvgIpc) is 2.71. The van der Waals surface area contributed by atoms with Crippen LogP contribution in [0.4, 0.5) is 0 Å². The van der Waals surface area contributed by atoms with E-state index in [9.17, 15) is 9.90 Å². The zero-order valence-electron chi connectivity index (χ0n) is 16.1. The highest BCUT2D eigenvalue weighted by molar-refractivity contribution is 5.91. The van der Waals surface area contributed by atoms with Crippen LogP contribution in [0.5, 0.6) is 11.5 Å². The number of aryl methyl sites for hydroxylation is 2. The Morgan fingerprint density at radius 2 is 1.46 bits per heavy atom. The summed E-state index contributed by atoms with van der Waals surface area (Å²) >= 11 is 0. The topological polar surface area (TPSA) is 55.8 Å². The first-order valence-electron chi connectivity index (χ1n) is 9.32. The van der Waals surface area contributed by atoms with E-state index >= 15 is 0 Å². The molecule has 0 atom stereocenters. The molecule has 1 N–H and O–H groups in total. The summed E-state index contributed by atoms with van der Waals surface area (Å²) in [4.78, 5) is 11.5. The van der Waals surface area contributed by atoms with Crippen LogP contribution in [-0.2, 0) is 19.6 Å². The maximum Gasteiger partial charge on any atom is 0.336 e. The molecule has 3 aromatic rings. The van der Waals surface area contributed by atoms with E-state index in [0.717, 1.165) is 17.5 Å². The molecule has 0 aromatic heterocycles. The molecule has 0 saturated carbocycles. The number of ether oxygens (including phenoxy) is 2. The molecule has 0 spiro atoms. The molecule has 0 unspecified atom stereocenters. The lowest BCUT2D eigenvalue weighted by Crippen LogP contribution is -2.07. The SMILES string of the molecule is CCc1ccc(COc2cccc(OCc3cccc(C)c3C(=O)O)c2)cc1.